The van der Waals surface area contributed by atoms with Crippen LogP contribution in [0.5, 0.6) is 0 Å². The Morgan fingerprint density at radius 2 is 2.06 bits per heavy atom. The van der Waals surface area contributed by atoms with Crippen LogP contribution in [0.2, 0.25) is 0 Å². The molecule has 4 nitrogen and oxygen atoms in total. The van der Waals surface area contributed by atoms with E-state index in [0.29, 0.717) is 5.56 Å². The number of carbonyl (C=O) groups excluding carboxylic acids is 1. The number of aromatic nitrogens is 2. The normalized spacial score (nSPS) is 9.50. The van der Waals surface area contributed by atoms with Crippen molar-refractivity contribution < 1.29 is 9.53 Å². The van der Waals surface area contributed by atoms with Gasteiger partial charge in [-0.15, -0.1) is 0 Å². The van der Waals surface area contributed by atoms with Gasteiger partial charge in [0.2, 0.25) is 0 Å². The molecular formula is C12H16N2O2. The Labute approximate surface area is 94.6 Å². The van der Waals surface area contributed by atoms with Gasteiger partial charge in [-0.05, 0) is 25.1 Å². The minimum Gasteiger partial charge on any atom is -0.465 e. The number of aromatic amines is 1. The van der Waals surface area contributed by atoms with Gasteiger partial charge in [0.15, 0.2) is 0 Å². The van der Waals surface area contributed by atoms with Gasteiger partial charge in [0.1, 0.15) is 0 Å². The summed E-state index contributed by atoms with van der Waals surface area (Å²) in [5.74, 6) is -0.326. The summed E-state index contributed by atoms with van der Waals surface area (Å²) in [7, 11) is 1.37. The highest BCUT2D eigenvalue weighted by atomic mass is 16.5. The second-order valence-corrected chi connectivity index (χ2v) is 3.07. The molecule has 0 unspecified atom stereocenters. The van der Waals surface area contributed by atoms with Crippen molar-refractivity contribution >= 4 is 16.9 Å². The van der Waals surface area contributed by atoms with E-state index in [1.165, 1.54) is 7.11 Å². The average molecular weight is 220 g/mol. The van der Waals surface area contributed by atoms with Crippen LogP contribution in [-0.4, -0.2) is 23.3 Å². The quantitative estimate of drug-likeness (QED) is 0.752. The number of fused-ring (bicyclic) bond motifs is 1. The largest absolute Gasteiger partial charge is 0.465 e. The molecule has 16 heavy (non-hydrogen) atoms. The number of carbonyl (C=O) groups is 1. The number of methoxy groups -OCH3 is 1. The van der Waals surface area contributed by atoms with E-state index in [9.17, 15) is 4.79 Å². The van der Waals surface area contributed by atoms with Crippen LogP contribution in [0.3, 0.4) is 0 Å². The first kappa shape index (κ1) is 12.2. The lowest BCUT2D eigenvalue weighted by Gasteiger charge is -1.98. The second-order valence-electron chi connectivity index (χ2n) is 3.07. The number of rotatable bonds is 1. The van der Waals surface area contributed by atoms with Crippen LogP contribution in [0.15, 0.2) is 18.2 Å². The number of nitrogens with one attached hydrogen (secondary N) is 1. The minimum absolute atomic E-state index is 0.326. The Hall–Kier alpha value is -1.84. The van der Waals surface area contributed by atoms with Crippen molar-refractivity contribution in [1.29, 1.82) is 0 Å². The van der Waals surface area contributed by atoms with Gasteiger partial charge >= 0.3 is 5.97 Å². The molecule has 0 bridgehead atoms. The molecule has 0 saturated carbocycles. The minimum atomic E-state index is -0.326. The van der Waals surface area contributed by atoms with Crippen LogP contribution in [0.25, 0.3) is 10.9 Å². The van der Waals surface area contributed by atoms with Crippen LogP contribution in [0.4, 0.5) is 0 Å². The van der Waals surface area contributed by atoms with E-state index < -0.39 is 0 Å². The van der Waals surface area contributed by atoms with Gasteiger partial charge in [0.25, 0.3) is 0 Å². The highest BCUT2D eigenvalue weighted by Crippen LogP contribution is 2.17. The van der Waals surface area contributed by atoms with Crippen LogP contribution >= 0.6 is 0 Å². The maximum Gasteiger partial charge on any atom is 0.337 e. The maximum absolute atomic E-state index is 11.2. The van der Waals surface area contributed by atoms with E-state index in [2.05, 4.69) is 14.9 Å². The topological polar surface area (TPSA) is 55.0 Å². The molecule has 0 radical (unpaired) electrons. The zero-order chi connectivity index (χ0) is 12.1. The predicted molar refractivity (Wildman–Crippen MR) is 63.5 cm³/mol. The number of nitrogens with zero attached hydrogens (tertiary/aromatic N) is 1. The Morgan fingerprint density at radius 1 is 1.38 bits per heavy atom. The molecule has 1 aromatic heterocycles. The smallest absolute Gasteiger partial charge is 0.337 e. The molecule has 0 aliphatic heterocycles. The number of aryl methyl sites for hydroxylation is 1. The van der Waals surface area contributed by atoms with Gasteiger partial charge in [0, 0.05) is 11.1 Å². The van der Waals surface area contributed by atoms with Gasteiger partial charge < -0.3 is 4.74 Å². The summed E-state index contributed by atoms with van der Waals surface area (Å²) in [6, 6.07) is 5.28. The molecule has 1 aromatic carbocycles. The second kappa shape index (κ2) is 5.30. The summed E-state index contributed by atoms with van der Waals surface area (Å²) >= 11 is 0. The number of hydrogen-bond acceptors (Lipinski definition) is 3. The Bertz CT molecular complexity index is 489. The Kier molecular flexibility index (Phi) is 4.05. The van der Waals surface area contributed by atoms with E-state index in [1.807, 2.05) is 20.8 Å². The SMILES string of the molecule is CC.COC(=O)c1ccc2n[nH]c(C)c2c1. The summed E-state index contributed by atoms with van der Waals surface area (Å²) in [5, 5.41) is 7.88. The molecular weight excluding hydrogens is 204 g/mol. The summed E-state index contributed by atoms with van der Waals surface area (Å²) in [6.45, 7) is 5.91. The van der Waals surface area contributed by atoms with E-state index >= 15 is 0 Å². The van der Waals surface area contributed by atoms with Crippen LogP contribution in [-0.2, 0) is 4.74 Å². The van der Waals surface area contributed by atoms with Gasteiger partial charge in [-0.1, -0.05) is 13.8 Å². The fraction of sp³-hybridized carbons (Fsp3) is 0.333. The van der Waals surface area contributed by atoms with Crippen molar-refractivity contribution in [3.05, 3.63) is 29.5 Å². The summed E-state index contributed by atoms with van der Waals surface area (Å²) in [4.78, 5) is 11.2. The van der Waals surface area contributed by atoms with Crippen molar-refractivity contribution in [2.24, 2.45) is 0 Å². The van der Waals surface area contributed by atoms with Gasteiger partial charge in [-0.2, -0.15) is 5.10 Å². The van der Waals surface area contributed by atoms with Gasteiger partial charge in [-0.25, -0.2) is 4.79 Å². The molecule has 86 valence electrons. The number of ether oxygens (including phenoxy) is 1. The monoisotopic (exact) mass is 220 g/mol. The molecule has 4 heteroatoms. The molecule has 0 amide bonds. The highest BCUT2D eigenvalue weighted by Gasteiger charge is 2.08. The zero-order valence-corrected chi connectivity index (χ0v) is 10.00. The third-order valence-corrected chi connectivity index (χ3v) is 2.17. The lowest BCUT2D eigenvalue weighted by molar-refractivity contribution is 0.0601. The van der Waals surface area contributed by atoms with Crippen LogP contribution in [0, 0.1) is 6.92 Å². The summed E-state index contributed by atoms with van der Waals surface area (Å²) in [6.07, 6.45) is 0. The Morgan fingerprint density at radius 3 is 2.69 bits per heavy atom. The first-order chi connectivity index (χ1) is 7.72. The molecule has 0 aliphatic rings. The highest BCUT2D eigenvalue weighted by molar-refractivity contribution is 5.95. The molecule has 0 saturated heterocycles. The van der Waals surface area contributed by atoms with Crippen molar-refractivity contribution in [3.8, 4) is 0 Å². The van der Waals surface area contributed by atoms with Crippen molar-refractivity contribution in [1.82, 2.24) is 10.2 Å². The number of benzene rings is 1. The number of hydrogen-bond donors (Lipinski definition) is 1. The van der Waals surface area contributed by atoms with Crippen LogP contribution in [0.1, 0.15) is 29.9 Å². The van der Waals surface area contributed by atoms with E-state index in [1.54, 1.807) is 18.2 Å². The third kappa shape index (κ3) is 2.21. The van der Waals surface area contributed by atoms with Crippen molar-refractivity contribution in [3.63, 3.8) is 0 Å². The lowest BCUT2D eigenvalue weighted by atomic mass is 10.1. The maximum atomic E-state index is 11.2. The standard InChI is InChI=1S/C10H10N2O2.C2H6/c1-6-8-5-7(10(13)14-2)3-4-9(8)12-11-6;1-2/h3-5H,1-2H3,(H,11,12);1-2H3. The van der Waals surface area contributed by atoms with Crippen LogP contribution < -0.4 is 0 Å². The molecule has 0 fully saturated rings. The van der Waals surface area contributed by atoms with E-state index in [-0.39, 0.29) is 5.97 Å². The molecule has 1 N–H and O–H groups in total. The average Bonchev–Trinajstić information content (AvgIpc) is 2.72. The predicted octanol–water partition coefficient (Wildman–Crippen LogP) is 2.68. The molecule has 1 heterocycles. The zero-order valence-electron chi connectivity index (χ0n) is 10.00. The summed E-state index contributed by atoms with van der Waals surface area (Å²) in [5.41, 5.74) is 2.35. The fourth-order valence-corrected chi connectivity index (χ4v) is 1.38. The van der Waals surface area contributed by atoms with Gasteiger partial charge in [0.05, 0.1) is 18.2 Å². The van der Waals surface area contributed by atoms with Crippen molar-refractivity contribution in [2.45, 2.75) is 20.8 Å². The van der Waals surface area contributed by atoms with E-state index in [4.69, 9.17) is 0 Å². The molecule has 0 atom stereocenters. The van der Waals surface area contributed by atoms with Crippen molar-refractivity contribution in [2.75, 3.05) is 7.11 Å². The lowest BCUT2D eigenvalue weighted by Crippen LogP contribution is -2.00. The first-order valence-corrected chi connectivity index (χ1v) is 5.25. The number of H-pyrrole nitrogens is 1. The Balaban J connectivity index is 0.000000606. The first-order valence-electron chi connectivity index (χ1n) is 5.25. The number of esters is 1. The fourth-order valence-electron chi connectivity index (χ4n) is 1.38. The molecule has 2 rings (SSSR count). The third-order valence-electron chi connectivity index (χ3n) is 2.17. The molecule has 2 aromatic rings. The molecule has 0 spiro atoms. The van der Waals surface area contributed by atoms with E-state index in [0.717, 1.165) is 16.6 Å². The molecule has 0 aliphatic carbocycles. The van der Waals surface area contributed by atoms with Gasteiger partial charge in [-0.3, -0.25) is 5.10 Å². The summed E-state index contributed by atoms with van der Waals surface area (Å²) < 4.78 is 4.63.